The summed E-state index contributed by atoms with van der Waals surface area (Å²) >= 11 is 0. The zero-order chi connectivity index (χ0) is 12.6. The summed E-state index contributed by atoms with van der Waals surface area (Å²) in [6.45, 7) is 13.1. The lowest BCUT2D eigenvalue weighted by molar-refractivity contribution is 0.569. The Bertz CT molecular complexity index is 362. The van der Waals surface area contributed by atoms with Crippen molar-refractivity contribution in [2.75, 3.05) is 0 Å². The summed E-state index contributed by atoms with van der Waals surface area (Å²) in [7, 11) is 0.105. The molecule has 1 aromatic rings. The van der Waals surface area contributed by atoms with Gasteiger partial charge < -0.3 is 0 Å². The summed E-state index contributed by atoms with van der Waals surface area (Å²) in [5.41, 5.74) is 2.69. The van der Waals surface area contributed by atoms with Gasteiger partial charge in [-0.15, -0.1) is 0 Å². The molecule has 88 valence electrons. The topological polar surface area (TPSA) is 17.1 Å². The van der Waals surface area contributed by atoms with E-state index in [2.05, 4.69) is 47.6 Å². The molecule has 0 aliphatic heterocycles. The van der Waals surface area contributed by atoms with E-state index in [1.807, 2.05) is 12.1 Å². The average Bonchev–Trinajstić information content (AvgIpc) is 2.14. The van der Waals surface area contributed by atoms with Crippen LogP contribution in [-0.2, 0) is 15.4 Å². The van der Waals surface area contributed by atoms with Crippen LogP contribution in [-0.4, -0.2) is 0 Å². The maximum Gasteiger partial charge on any atom is 0.192 e. The van der Waals surface area contributed by atoms with Crippen LogP contribution in [0.15, 0.2) is 18.2 Å². The van der Waals surface area contributed by atoms with Gasteiger partial charge in [0.15, 0.2) is 8.46 Å². The molecular weight excluding hydrogens is 215 g/mol. The minimum Gasteiger partial charge on any atom is -0.269 e. The van der Waals surface area contributed by atoms with Crippen LogP contribution >= 0.6 is 8.46 Å². The largest absolute Gasteiger partial charge is 0.269 e. The van der Waals surface area contributed by atoms with Gasteiger partial charge in [0.1, 0.15) is 0 Å². The first kappa shape index (κ1) is 13.4. The van der Waals surface area contributed by atoms with Gasteiger partial charge in [0, 0.05) is 5.30 Å². The summed E-state index contributed by atoms with van der Waals surface area (Å²) in [4.78, 5) is 0. The van der Waals surface area contributed by atoms with Crippen LogP contribution < -0.4 is 5.30 Å². The van der Waals surface area contributed by atoms with Gasteiger partial charge in [0.05, 0.1) is 0 Å². The lowest BCUT2D eigenvalue weighted by atomic mass is 9.81. The molecule has 0 atom stereocenters. The molecule has 2 heteroatoms. The van der Waals surface area contributed by atoms with E-state index in [0.29, 0.717) is 0 Å². The number of hydrogen-bond acceptors (Lipinski definition) is 1. The van der Waals surface area contributed by atoms with E-state index < -0.39 is 0 Å². The second kappa shape index (κ2) is 4.30. The van der Waals surface area contributed by atoms with Crippen molar-refractivity contribution in [3.8, 4) is 0 Å². The van der Waals surface area contributed by atoms with Crippen LogP contribution in [0, 0.1) is 0 Å². The second-order valence-corrected chi connectivity index (χ2v) is 7.06. The minimum absolute atomic E-state index is 0.0979. The van der Waals surface area contributed by atoms with E-state index in [4.69, 9.17) is 0 Å². The highest BCUT2D eigenvalue weighted by atomic mass is 31.1. The molecule has 1 rings (SSSR count). The van der Waals surface area contributed by atoms with Gasteiger partial charge in [-0.1, -0.05) is 47.6 Å². The molecule has 0 N–H and O–H groups in total. The zero-order valence-corrected chi connectivity index (χ0v) is 12.0. The predicted octanol–water partition coefficient (Wildman–Crippen LogP) is 4.20. The summed E-state index contributed by atoms with van der Waals surface area (Å²) in [6, 6.07) is 6.29. The van der Waals surface area contributed by atoms with Crippen LogP contribution in [0.4, 0.5) is 0 Å². The molecule has 16 heavy (non-hydrogen) atoms. The van der Waals surface area contributed by atoms with Crippen molar-refractivity contribution in [3.63, 3.8) is 0 Å². The molecule has 0 unspecified atom stereocenters. The highest BCUT2D eigenvalue weighted by Gasteiger charge is 2.20. The maximum absolute atomic E-state index is 11.1. The molecule has 0 spiro atoms. The van der Waals surface area contributed by atoms with Gasteiger partial charge in [0.25, 0.3) is 0 Å². The van der Waals surface area contributed by atoms with Gasteiger partial charge in [-0.05, 0) is 34.1 Å². The molecule has 0 saturated carbocycles. The standard InChI is InChI=1S/C14H21OP/c1-13(2,3)10-7-11(14(4,5)6)9-12(8-10)16-15/h7-9H,1-6H3. The first-order valence-corrected chi connectivity index (χ1v) is 6.45. The van der Waals surface area contributed by atoms with Crippen molar-refractivity contribution in [2.45, 2.75) is 52.4 Å². The lowest BCUT2D eigenvalue weighted by Crippen LogP contribution is -2.19. The van der Waals surface area contributed by atoms with Crippen LogP contribution in [0.2, 0.25) is 0 Å². The van der Waals surface area contributed by atoms with Crippen molar-refractivity contribution in [3.05, 3.63) is 29.3 Å². The Labute approximate surface area is 100 Å². The van der Waals surface area contributed by atoms with E-state index in [9.17, 15) is 4.57 Å². The van der Waals surface area contributed by atoms with E-state index in [1.165, 1.54) is 11.1 Å². The van der Waals surface area contributed by atoms with Crippen molar-refractivity contribution in [1.82, 2.24) is 0 Å². The Morgan fingerprint density at radius 3 is 1.44 bits per heavy atom. The molecule has 0 saturated heterocycles. The fourth-order valence-corrected chi connectivity index (χ4v) is 1.91. The number of benzene rings is 1. The predicted molar refractivity (Wildman–Crippen MR) is 71.1 cm³/mol. The summed E-state index contributed by atoms with van der Waals surface area (Å²) < 4.78 is 11.1. The molecule has 0 heterocycles. The van der Waals surface area contributed by atoms with Gasteiger partial charge in [0.2, 0.25) is 0 Å². The van der Waals surface area contributed by atoms with Crippen molar-refractivity contribution in [1.29, 1.82) is 0 Å². The average molecular weight is 236 g/mol. The highest BCUT2D eigenvalue weighted by Crippen LogP contribution is 2.28. The van der Waals surface area contributed by atoms with E-state index >= 15 is 0 Å². The fraction of sp³-hybridized carbons (Fsp3) is 0.571. The first-order chi connectivity index (χ1) is 7.14. The van der Waals surface area contributed by atoms with Gasteiger partial charge >= 0.3 is 0 Å². The van der Waals surface area contributed by atoms with Gasteiger partial charge in [-0.2, -0.15) is 0 Å². The van der Waals surface area contributed by atoms with Crippen molar-refractivity contribution in [2.24, 2.45) is 0 Å². The Morgan fingerprint density at radius 2 is 1.19 bits per heavy atom. The van der Waals surface area contributed by atoms with Crippen LogP contribution in [0.5, 0.6) is 0 Å². The van der Waals surface area contributed by atoms with Crippen LogP contribution in [0.1, 0.15) is 52.7 Å². The molecule has 1 nitrogen and oxygen atoms in total. The van der Waals surface area contributed by atoms with E-state index in [1.54, 1.807) is 0 Å². The maximum atomic E-state index is 11.1. The smallest absolute Gasteiger partial charge is 0.192 e. The summed E-state index contributed by atoms with van der Waals surface area (Å²) in [5, 5.41) is 0.873. The number of hydrogen-bond donors (Lipinski definition) is 0. The Morgan fingerprint density at radius 1 is 0.812 bits per heavy atom. The molecule has 0 bridgehead atoms. The van der Waals surface area contributed by atoms with Crippen LogP contribution in [0.3, 0.4) is 0 Å². The third-order valence-electron chi connectivity index (χ3n) is 2.76. The summed E-state index contributed by atoms with van der Waals surface area (Å²) in [6.07, 6.45) is 0. The van der Waals surface area contributed by atoms with Crippen LogP contribution in [0.25, 0.3) is 0 Å². The molecule has 0 amide bonds. The molecule has 1 aromatic carbocycles. The Balaban J connectivity index is 3.39. The quantitative estimate of drug-likeness (QED) is 0.668. The first-order valence-electron chi connectivity index (χ1n) is 5.64. The Hall–Kier alpha value is -0.680. The van der Waals surface area contributed by atoms with Gasteiger partial charge in [-0.3, -0.25) is 4.57 Å². The van der Waals surface area contributed by atoms with E-state index in [0.717, 1.165) is 5.30 Å². The number of rotatable bonds is 1. The molecule has 0 aliphatic rings. The summed E-state index contributed by atoms with van der Waals surface area (Å²) in [5.74, 6) is 0. The third-order valence-corrected chi connectivity index (χ3v) is 3.22. The molecule has 0 aromatic heterocycles. The second-order valence-electron chi connectivity index (χ2n) is 6.36. The minimum atomic E-state index is 0.0979. The molecule has 0 fully saturated rings. The lowest BCUT2D eigenvalue weighted by Gasteiger charge is -2.25. The SMILES string of the molecule is CC(C)(C)c1cc(P=O)cc(C(C)(C)C)c1. The van der Waals surface area contributed by atoms with Crippen molar-refractivity contribution < 1.29 is 4.57 Å². The zero-order valence-electron chi connectivity index (χ0n) is 11.1. The molecular formula is C14H21OP. The fourth-order valence-electron chi connectivity index (χ4n) is 1.53. The normalized spacial score (nSPS) is 13.1. The Kier molecular flexibility index (Phi) is 3.59. The van der Waals surface area contributed by atoms with Crippen molar-refractivity contribution >= 4 is 13.8 Å². The molecule has 0 radical (unpaired) electrons. The molecule has 0 aliphatic carbocycles. The highest BCUT2D eigenvalue weighted by molar-refractivity contribution is 7.34. The third kappa shape index (κ3) is 3.15. The monoisotopic (exact) mass is 236 g/mol. The van der Waals surface area contributed by atoms with Gasteiger partial charge in [-0.25, -0.2) is 0 Å². The van der Waals surface area contributed by atoms with E-state index in [-0.39, 0.29) is 19.3 Å².